The van der Waals surface area contributed by atoms with Gasteiger partial charge in [0, 0.05) is 11.6 Å². The van der Waals surface area contributed by atoms with E-state index in [0.717, 1.165) is 24.1 Å². The number of hydrogen-bond donors (Lipinski definition) is 0. The van der Waals surface area contributed by atoms with E-state index in [2.05, 4.69) is 0 Å². The van der Waals surface area contributed by atoms with Gasteiger partial charge in [0.05, 0.1) is 5.56 Å². The predicted molar refractivity (Wildman–Crippen MR) is 110 cm³/mol. The molecule has 168 valence electrons. The van der Waals surface area contributed by atoms with Crippen LogP contribution in [0.3, 0.4) is 0 Å². The summed E-state index contributed by atoms with van der Waals surface area (Å²) in [4.78, 5) is 0. The molecule has 0 unspecified atom stereocenters. The number of allylic oxidation sites excluding steroid dienone is 1. The van der Waals surface area contributed by atoms with Gasteiger partial charge in [-0.1, -0.05) is 31.2 Å². The lowest BCUT2D eigenvalue weighted by molar-refractivity contribution is -0.0790. The minimum absolute atomic E-state index is 0.233. The monoisotopic (exact) mass is 452 g/mol. The smallest absolute Gasteiger partial charge is 0.206 e. The molecule has 0 aliphatic heterocycles. The Morgan fingerprint density at radius 3 is 1.69 bits per heavy atom. The minimum atomic E-state index is -4.76. The third-order valence-corrected chi connectivity index (χ3v) is 5.04. The summed E-state index contributed by atoms with van der Waals surface area (Å²) in [5, 5.41) is 0. The molecule has 3 aromatic carbocycles. The zero-order chi connectivity index (χ0) is 23.5. The lowest BCUT2D eigenvalue weighted by Gasteiger charge is -2.11. The first-order valence-electron chi connectivity index (χ1n) is 9.88. The van der Waals surface area contributed by atoms with E-state index in [-0.39, 0.29) is 12.2 Å². The number of rotatable bonds is 6. The lowest BCUT2D eigenvalue weighted by atomic mass is 9.97. The summed E-state index contributed by atoms with van der Waals surface area (Å²) in [6.07, 6.45) is -3.05. The maximum Gasteiger partial charge on any atom is 0.409 e. The van der Waals surface area contributed by atoms with Crippen LogP contribution in [0.25, 0.3) is 17.2 Å². The summed E-state index contributed by atoms with van der Waals surface area (Å²) < 4.78 is 94.4. The second kappa shape index (κ2) is 9.59. The topological polar surface area (TPSA) is 0 Å². The van der Waals surface area contributed by atoms with Crippen LogP contribution in [-0.4, -0.2) is 6.18 Å². The Bertz CT molecular complexity index is 1080. The summed E-state index contributed by atoms with van der Waals surface area (Å²) in [7, 11) is 0. The highest BCUT2D eigenvalue weighted by Crippen LogP contribution is 2.31. The molecular formula is C25H19F7. The molecule has 3 rings (SSSR count). The van der Waals surface area contributed by atoms with Gasteiger partial charge in [0.15, 0.2) is 0 Å². The fraction of sp³-hybridized carbons (Fsp3) is 0.200. The first-order valence-corrected chi connectivity index (χ1v) is 9.88. The molecule has 0 aromatic heterocycles. The Labute approximate surface area is 181 Å². The Kier molecular flexibility index (Phi) is 7.06. The summed E-state index contributed by atoms with van der Waals surface area (Å²) in [6, 6.07) is 11.2. The Morgan fingerprint density at radius 2 is 1.19 bits per heavy atom. The van der Waals surface area contributed by atoms with Crippen LogP contribution in [0, 0.1) is 23.3 Å². The van der Waals surface area contributed by atoms with E-state index >= 15 is 0 Å². The highest BCUT2D eigenvalue weighted by Gasteiger charge is 2.23. The van der Waals surface area contributed by atoms with Crippen molar-refractivity contribution in [2.75, 3.05) is 0 Å². The van der Waals surface area contributed by atoms with Crippen LogP contribution in [0.1, 0.15) is 29.2 Å². The van der Waals surface area contributed by atoms with Gasteiger partial charge in [-0.15, -0.1) is 0 Å². The molecule has 0 radical (unpaired) electrons. The Hall–Kier alpha value is -3.09. The van der Waals surface area contributed by atoms with Gasteiger partial charge < -0.3 is 0 Å². The number of aryl methyl sites for hydroxylation is 3. The number of hydrogen-bond acceptors (Lipinski definition) is 0. The molecule has 0 fully saturated rings. The average molecular weight is 452 g/mol. The van der Waals surface area contributed by atoms with Crippen LogP contribution in [0.2, 0.25) is 0 Å². The van der Waals surface area contributed by atoms with Crippen molar-refractivity contribution in [3.8, 4) is 11.1 Å². The van der Waals surface area contributed by atoms with Crippen LogP contribution in [0.5, 0.6) is 0 Å². The van der Waals surface area contributed by atoms with Crippen molar-refractivity contribution in [1.29, 1.82) is 0 Å². The van der Waals surface area contributed by atoms with Crippen molar-refractivity contribution in [2.24, 2.45) is 0 Å². The second-order valence-electron chi connectivity index (χ2n) is 7.33. The maximum absolute atomic E-state index is 14.6. The van der Waals surface area contributed by atoms with Crippen LogP contribution < -0.4 is 0 Å². The largest absolute Gasteiger partial charge is 0.409 e. The molecule has 0 bridgehead atoms. The number of alkyl halides is 3. The van der Waals surface area contributed by atoms with Crippen LogP contribution in [0.15, 0.2) is 54.6 Å². The highest BCUT2D eigenvalue weighted by molar-refractivity contribution is 5.68. The van der Waals surface area contributed by atoms with Crippen molar-refractivity contribution in [3.05, 3.63) is 100 Å². The van der Waals surface area contributed by atoms with Gasteiger partial charge in [-0.3, -0.25) is 0 Å². The fourth-order valence-corrected chi connectivity index (χ4v) is 3.34. The van der Waals surface area contributed by atoms with Gasteiger partial charge in [-0.25, -0.2) is 17.6 Å². The molecule has 0 aliphatic rings. The molecule has 0 saturated carbocycles. The molecule has 7 heteroatoms. The predicted octanol–water partition coefficient (Wildman–Crippen LogP) is 7.83. The van der Waals surface area contributed by atoms with Crippen molar-refractivity contribution in [2.45, 2.75) is 32.4 Å². The van der Waals surface area contributed by atoms with Gasteiger partial charge in [-0.2, -0.15) is 13.2 Å². The summed E-state index contributed by atoms with van der Waals surface area (Å²) in [5.41, 5.74) is 0.506. The van der Waals surface area contributed by atoms with Crippen LogP contribution in [0.4, 0.5) is 30.7 Å². The quantitative estimate of drug-likeness (QED) is 0.334. The van der Waals surface area contributed by atoms with E-state index in [4.69, 9.17) is 0 Å². The normalized spacial score (nSPS) is 12.0. The van der Waals surface area contributed by atoms with E-state index < -0.39 is 46.1 Å². The molecule has 3 aromatic rings. The average Bonchev–Trinajstić information content (AvgIpc) is 2.70. The molecule has 0 saturated heterocycles. The van der Waals surface area contributed by atoms with E-state index in [1.807, 2.05) is 31.2 Å². The van der Waals surface area contributed by atoms with Gasteiger partial charge >= 0.3 is 6.18 Å². The van der Waals surface area contributed by atoms with Crippen molar-refractivity contribution >= 4 is 6.08 Å². The van der Waals surface area contributed by atoms with Crippen molar-refractivity contribution in [1.82, 2.24) is 0 Å². The minimum Gasteiger partial charge on any atom is -0.206 e. The maximum atomic E-state index is 14.6. The third-order valence-electron chi connectivity index (χ3n) is 5.04. The standard InChI is InChI=1S/C25H19F7/c1-2-15-3-5-16(6-4-15)7-8-17-11-22(28)24(23(29)12-17)18-13-20(26)19(21(27)14-18)9-10-25(30,31)32/h3-6,9-14H,2,7-8H2,1H3/b10-9+. The zero-order valence-electron chi connectivity index (χ0n) is 17.0. The molecule has 0 atom stereocenters. The molecule has 0 aliphatic carbocycles. The van der Waals surface area contributed by atoms with E-state index in [9.17, 15) is 30.7 Å². The van der Waals surface area contributed by atoms with Crippen LogP contribution in [-0.2, 0) is 19.3 Å². The zero-order valence-corrected chi connectivity index (χ0v) is 17.0. The summed E-state index contributed by atoms with van der Waals surface area (Å²) in [5.74, 6) is -4.75. The molecule has 0 amide bonds. The highest BCUT2D eigenvalue weighted by atomic mass is 19.4. The second-order valence-corrected chi connectivity index (χ2v) is 7.33. The van der Waals surface area contributed by atoms with Crippen LogP contribution >= 0.6 is 0 Å². The van der Waals surface area contributed by atoms with E-state index in [0.29, 0.717) is 30.5 Å². The lowest BCUT2D eigenvalue weighted by Crippen LogP contribution is -2.02. The van der Waals surface area contributed by atoms with Crippen molar-refractivity contribution in [3.63, 3.8) is 0 Å². The third kappa shape index (κ3) is 5.78. The van der Waals surface area contributed by atoms with Crippen molar-refractivity contribution < 1.29 is 30.7 Å². The molecule has 0 spiro atoms. The fourth-order valence-electron chi connectivity index (χ4n) is 3.34. The molecular weight excluding hydrogens is 433 g/mol. The van der Waals surface area contributed by atoms with Gasteiger partial charge in [0.25, 0.3) is 0 Å². The molecule has 32 heavy (non-hydrogen) atoms. The first-order chi connectivity index (χ1) is 15.1. The molecule has 0 heterocycles. The first kappa shape index (κ1) is 23.6. The summed E-state index contributed by atoms with van der Waals surface area (Å²) in [6.45, 7) is 2.03. The Morgan fingerprint density at radius 1 is 0.688 bits per heavy atom. The number of benzene rings is 3. The molecule has 0 N–H and O–H groups in total. The molecule has 0 nitrogen and oxygen atoms in total. The number of halogens is 7. The SMILES string of the molecule is CCc1ccc(CCc2cc(F)c(-c3cc(F)c(/C=C/C(F)(F)F)c(F)c3)c(F)c2)cc1. The Balaban J connectivity index is 1.85. The van der Waals surface area contributed by atoms with E-state index in [1.165, 1.54) is 5.56 Å². The van der Waals surface area contributed by atoms with Gasteiger partial charge in [-0.05, 0) is 71.9 Å². The van der Waals surface area contributed by atoms with Gasteiger partial charge in [0.1, 0.15) is 23.3 Å². The van der Waals surface area contributed by atoms with Gasteiger partial charge in [0.2, 0.25) is 0 Å². The van der Waals surface area contributed by atoms with E-state index in [1.54, 1.807) is 0 Å². The summed E-state index contributed by atoms with van der Waals surface area (Å²) >= 11 is 0.